The van der Waals surface area contributed by atoms with Crippen LogP contribution in [0.2, 0.25) is 0 Å². The minimum absolute atomic E-state index is 0.0155. The average molecular weight is 980 g/mol. The van der Waals surface area contributed by atoms with Crippen LogP contribution in [0.15, 0.2) is 45.8 Å². The van der Waals surface area contributed by atoms with Crippen LogP contribution in [0.25, 0.3) is 0 Å². The Morgan fingerprint density at radius 3 is 1.91 bits per heavy atom. The summed E-state index contributed by atoms with van der Waals surface area (Å²) in [5, 5.41) is 57.8. The molecule has 0 unspecified atom stereocenters. The Morgan fingerprint density at radius 2 is 1.40 bits per heavy atom. The van der Waals surface area contributed by atoms with E-state index < -0.39 is 109 Å². The minimum Gasteiger partial charge on any atom is -0.475 e. The van der Waals surface area contributed by atoms with Crippen molar-refractivity contribution in [3.05, 3.63) is 57.0 Å². The summed E-state index contributed by atoms with van der Waals surface area (Å²) in [5.41, 5.74) is 4.05. The normalized spacial score (nSPS) is 26.2. The van der Waals surface area contributed by atoms with Crippen LogP contribution in [0.1, 0.15) is 77.4 Å². The minimum atomic E-state index is -5.08. The largest absolute Gasteiger partial charge is 0.490 e. The van der Waals surface area contributed by atoms with E-state index in [-0.39, 0.29) is 25.4 Å². The monoisotopic (exact) mass is 979 g/mol. The smallest absolute Gasteiger partial charge is 0.475 e. The van der Waals surface area contributed by atoms with E-state index in [1.54, 1.807) is 7.05 Å². The number of H-pyrrole nitrogens is 1. The molecule has 382 valence electrons. The van der Waals surface area contributed by atoms with Gasteiger partial charge in [0.25, 0.3) is 5.56 Å². The fourth-order valence-corrected chi connectivity index (χ4v) is 6.87. The maximum absolute atomic E-state index is 14.2. The molecule has 0 saturated carbocycles. The van der Waals surface area contributed by atoms with Crippen molar-refractivity contribution in [3.63, 3.8) is 0 Å². The number of alkyl halides is 6. The van der Waals surface area contributed by atoms with E-state index >= 15 is 0 Å². The SMILES string of the molecule is CC/C=C\CCCCCCCCCCOC(=O)C1=CCN(C)[C@@H]([C@H](O[C@@H]2O[C@H](CN)[C@@H](O)[C@H]2O)[C@H]2O[C@@H](n3ccc(=O)[nH]c3=O)[C@H](O)[C@@H]2O)C(=O)N1C.O=C(O)C(F)(F)F.O=C(O)C(F)(F)F. The number of aliphatic hydroxyl groups excluding tert-OH is 4. The summed E-state index contributed by atoms with van der Waals surface area (Å²) in [7, 11) is 2.95. The van der Waals surface area contributed by atoms with Crippen molar-refractivity contribution >= 4 is 23.8 Å². The highest BCUT2D eigenvalue weighted by molar-refractivity contribution is 5.96. The number of aliphatic hydroxyl groups is 4. The van der Waals surface area contributed by atoms with Gasteiger partial charge in [-0.3, -0.25) is 24.0 Å². The third-order valence-electron chi connectivity index (χ3n) is 10.5. The van der Waals surface area contributed by atoms with E-state index in [4.69, 9.17) is 44.5 Å². The van der Waals surface area contributed by atoms with Crippen LogP contribution in [0.3, 0.4) is 0 Å². The van der Waals surface area contributed by atoms with E-state index in [2.05, 4.69) is 24.1 Å². The highest BCUT2D eigenvalue weighted by Gasteiger charge is 2.55. The first kappa shape index (κ1) is 58.4. The molecule has 1 aromatic heterocycles. The van der Waals surface area contributed by atoms with Crippen LogP contribution in [-0.2, 0) is 38.1 Å². The Bertz CT molecular complexity index is 1910. The third kappa shape index (κ3) is 17.7. The Kier molecular flexibility index (Phi) is 23.8. The van der Waals surface area contributed by atoms with Crippen LogP contribution in [-0.4, -0.2) is 175 Å². The number of aromatic amines is 1. The number of carbonyl (C=O) groups is 4. The zero-order valence-corrected chi connectivity index (χ0v) is 36.8. The summed E-state index contributed by atoms with van der Waals surface area (Å²) >= 11 is 0. The van der Waals surface area contributed by atoms with Crippen LogP contribution in [0.5, 0.6) is 0 Å². The van der Waals surface area contributed by atoms with Crippen molar-refractivity contribution in [1.29, 1.82) is 0 Å². The lowest BCUT2D eigenvalue weighted by atomic mass is 9.97. The summed E-state index contributed by atoms with van der Waals surface area (Å²) in [6.07, 6.45) is -6.09. The van der Waals surface area contributed by atoms with Gasteiger partial charge in [0.15, 0.2) is 12.5 Å². The molecule has 27 heteroatoms. The second-order valence-electron chi connectivity index (χ2n) is 15.5. The molecule has 0 radical (unpaired) electrons. The van der Waals surface area contributed by atoms with Crippen LogP contribution < -0.4 is 17.0 Å². The first-order valence-electron chi connectivity index (χ1n) is 21.1. The molecule has 9 N–H and O–H groups in total. The molecule has 4 heterocycles. The maximum Gasteiger partial charge on any atom is 0.490 e. The molecule has 4 rings (SSSR count). The molecule has 0 bridgehead atoms. The molecule has 1 aromatic rings. The Balaban J connectivity index is 0.000000952. The fourth-order valence-electron chi connectivity index (χ4n) is 6.87. The van der Waals surface area contributed by atoms with E-state index in [9.17, 15) is 65.9 Å². The lowest BCUT2D eigenvalue weighted by Crippen LogP contribution is -2.59. The van der Waals surface area contributed by atoms with Crippen LogP contribution in [0.4, 0.5) is 26.3 Å². The second kappa shape index (κ2) is 27.3. The number of unbranched alkanes of at least 4 members (excludes halogenated alkanes) is 8. The van der Waals surface area contributed by atoms with Crippen LogP contribution >= 0.6 is 0 Å². The molecule has 21 nitrogen and oxygen atoms in total. The van der Waals surface area contributed by atoms with E-state index in [1.165, 1.54) is 43.7 Å². The molecule has 2 saturated heterocycles. The average Bonchev–Trinajstić information content (AvgIpc) is 3.65. The lowest BCUT2D eigenvalue weighted by molar-refractivity contribution is -0.232. The Labute approximate surface area is 379 Å². The van der Waals surface area contributed by atoms with Gasteiger partial charge >= 0.3 is 36.0 Å². The number of likely N-dealkylation sites (N-methyl/N-ethyl adjacent to an activating group) is 2. The van der Waals surface area contributed by atoms with Gasteiger partial charge in [0.05, 0.1) is 6.61 Å². The zero-order chi connectivity index (χ0) is 50.8. The summed E-state index contributed by atoms with van der Waals surface area (Å²) in [4.78, 5) is 74.2. The molecule has 10 atom stereocenters. The number of hydrogen-bond donors (Lipinski definition) is 8. The number of ether oxygens (including phenoxy) is 4. The van der Waals surface area contributed by atoms with Crippen molar-refractivity contribution in [1.82, 2.24) is 19.4 Å². The number of nitrogens with one attached hydrogen (secondary N) is 1. The highest BCUT2D eigenvalue weighted by atomic mass is 19.4. The highest BCUT2D eigenvalue weighted by Crippen LogP contribution is 2.36. The van der Waals surface area contributed by atoms with Gasteiger partial charge < -0.3 is 60.2 Å². The molecular formula is C40H59F6N5O16. The number of halogens is 6. The second-order valence-corrected chi connectivity index (χ2v) is 15.5. The molecule has 0 aromatic carbocycles. The Morgan fingerprint density at radius 1 is 0.851 bits per heavy atom. The van der Waals surface area contributed by atoms with Gasteiger partial charge in [-0.1, -0.05) is 57.6 Å². The Hall–Kier alpha value is -4.74. The number of rotatable bonds is 19. The molecule has 3 aliphatic heterocycles. The van der Waals surface area contributed by atoms with Gasteiger partial charge in [0, 0.05) is 32.4 Å². The van der Waals surface area contributed by atoms with Gasteiger partial charge in [0.2, 0.25) is 5.91 Å². The predicted molar refractivity (Wildman–Crippen MR) is 218 cm³/mol. The summed E-state index contributed by atoms with van der Waals surface area (Å²) < 4.78 is 87.7. The van der Waals surface area contributed by atoms with Crippen molar-refractivity contribution in [2.24, 2.45) is 5.73 Å². The van der Waals surface area contributed by atoms with Crippen LogP contribution in [0, 0.1) is 0 Å². The number of carboxylic acid groups (broad SMARTS) is 2. The van der Waals surface area contributed by atoms with Gasteiger partial charge in [-0.25, -0.2) is 19.2 Å². The van der Waals surface area contributed by atoms with E-state index in [1.807, 2.05) is 0 Å². The zero-order valence-electron chi connectivity index (χ0n) is 36.8. The summed E-state index contributed by atoms with van der Waals surface area (Å²) in [6.45, 7) is 2.17. The molecule has 2 fully saturated rings. The number of carboxylic acids is 2. The number of esters is 1. The van der Waals surface area contributed by atoms with Gasteiger partial charge in [0.1, 0.15) is 54.5 Å². The first-order chi connectivity index (χ1) is 31.3. The quantitative estimate of drug-likeness (QED) is 0.0413. The van der Waals surface area contributed by atoms with Gasteiger partial charge in [-0.15, -0.1) is 0 Å². The summed E-state index contributed by atoms with van der Waals surface area (Å²) in [5.74, 6) is -6.89. The number of carbonyl (C=O) groups excluding carboxylic acids is 2. The molecule has 0 aliphatic carbocycles. The molecule has 1 amide bonds. The van der Waals surface area contributed by atoms with Gasteiger partial charge in [-0.05, 0) is 38.8 Å². The molecular weight excluding hydrogens is 920 g/mol. The molecule has 0 spiro atoms. The van der Waals surface area contributed by atoms with Crippen molar-refractivity contribution in [2.45, 2.75) is 145 Å². The number of hydrogen-bond acceptors (Lipinski definition) is 16. The standard InChI is InChI=1S/C36H57N5O12.2C2HF3O2/c1-4-5-6-7-8-9-10-11-12-13-14-15-20-50-34(48)22-16-18-39(2)25(32(47)40(22)3)30(53-35-29(46)26(43)23(21-37)51-35)31-27(44)28(45)33(52-31)41-19-17-24(42)38-36(41)49;2*3-2(4,5)1(6)7/h5-6,16-17,19,23,25-31,33,35,43-46H,4,7-15,18,20-21,37H2,1-3H3,(H,38,42,49);2*(H,6,7)/b6-5-;;/t23-,25+,26-,27+,28-,29-,30+,31+,33-,35+;;/m1../s1. The van der Waals surface area contributed by atoms with Crippen molar-refractivity contribution in [3.8, 4) is 0 Å². The number of aliphatic carboxylic acids is 2. The fraction of sp³-hybridized carbons (Fsp3) is 0.700. The number of amides is 1. The topological polar surface area (TPSA) is 314 Å². The lowest BCUT2D eigenvalue weighted by Gasteiger charge is -2.38. The number of allylic oxidation sites excluding steroid dienone is 2. The van der Waals surface area contributed by atoms with Crippen molar-refractivity contribution < 1.29 is 95.1 Å². The molecule has 3 aliphatic rings. The summed E-state index contributed by atoms with van der Waals surface area (Å²) in [6, 6.07) is -0.306. The number of nitrogens with two attached hydrogens (primary N) is 1. The number of aromatic nitrogens is 2. The number of nitrogens with zero attached hydrogens (tertiary/aromatic N) is 3. The van der Waals surface area contributed by atoms with E-state index in [0.29, 0.717) is 6.42 Å². The van der Waals surface area contributed by atoms with Crippen molar-refractivity contribution in [2.75, 3.05) is 33.8 Å². The van der Waals surface area contributed by atoms with Gasteiger partial charge in [-0.2, -0.15) is 26.3 Å². The maximum atomic E-state index is 14.2. The van der Waals surface area contributed by atoms with E-state index in [0.717, 1.165) is 53.8 Å². The third-order valence-corrected chi connectivity index (χ3v) is 10.5. The predicted octanol–water partition coefficient (Wildman–Crippen LogP) is 0.890. The first-order valence-corrected chi connectivity index (χ1v) is 21.1. The molecule has 67 heavy (non-hydrogen) atoms.